The molecule has 0 bridgehead atoms. The van der Waals surface area contributed by atoms with Crippen LogP contribution < -0.4 is 14.8 Å². The average Bonchev–Trinajstić information content (AvgIpc) is 3.13. The Kier molecular flexibility index (Phi) is 5.98. The minimum atomic E-state index is -0.915. The number of carbonyl (C=O) groups excluding carboxylic acids is 2. The number of hydrogen-bond acceptors (Lipinski definition) is 5. The number of nitrogens with one attached hydrogen (secondary N) is 1. The third-order valence-corrected chi connectivity index (χ3v) is 4.10. The quantitative estimate of drug-likeness (QED) is 0.608. The van der Waals surface area contributed by atoms with Gasteiger partial charge in [-0.2, -0.15) is 0 Å². The Bertz CT molecular complexity index is 863. The van der Waals surface area contributed by atoms with E-state index >= 15 is 0 Å². The smallest absolute Gasteiger partial charge is 0.331 e. The number of esters is 1. The van der Waals surface area contributed by atoms with Crippen LogP contribution >= 0.6 is 11.6 Å². The van der Waals surface area contributed by atoms with E-state index in [0.29, 0.717) is 16.5 Å². The number of amides is 1. The van der Waals surface area contributed by atoms with Crippen LogP contribution in [0.4, 0.5) is 0 Å². The highest BCUT2D eigenvalue weighted by Crippen LogP contribution is 2.32. The molecule has 1 atom stereocenters. The van der Waals surface area contributed by atoms with Gasteiger partial charge < -0.3 is 19.5 Å². The first kappa shape index (κ1) is 18.8. The molecule has 1 heterocycles. The van der Waals surface area contributed by atoms with Crippen LogP contribution in [0.2, 0.25) is 5.02 Å². The van der Waals surface area contributed by atoms with Gasteiger partial charge in [0.15, 0.2) is 17.6 Å². The summed E-state index contributed by atoms with van der Waals surface area (Å²) in [6.07, 6.45) is 1.95. The van der Waals surface area contributed by atoms with E-state index in [4.69, 9.17) is 25.8 Å². The average molecular weight is 388 g/mol. The molecule has 0 radical (unpaired) electrons. The van der Waals surface area contributed by atoms with E-state index in [9.17, 15) is 9.59 Å². The van der Waals surface area contributed by atoms with E-state index in [1.807, 2.05) is 6.07 Å². The molecule has 0 unspecified atom stereocenters. The van der Waals surface area contributed by atoms with Gasteiger partial charge in [0, 0.05) is 17.6 Å². The van der Waals surface area contributed by atoms with Crippen molar-refractivity contribution in [3.05, 3.63) is 64.7 Å². The lowest BCUT2D eigenvalue weighted by atomic mass is 10.2. The maximum atomic E-state index is 12.1. The van der Waals surface area contributed by atoms with Crippen LogP contribution in [0.25, 0.3) is 6.08 Å². The largest absolute Gasteiger partial charge is 0.454 e. The van der Waals surface area contributed by atoms with E-state index in [2.05, 4.69) is 5.32 Å². The van der Waals surface area contributed by atoms with Gasteiger partial charge in [-0.05, 0) is 48.4 Å². The molecule has 2 aromatic rings. The van der Waals surface area contributed by atoms with Crippen molar-refractivity contribution in [3.8, 4) is 11.5 Å². The molecule has 140 valence electrons. The third-order valence-electron chi connectivity index (χ3n) is 3.85. The Balaban J connectivity index is 1.47. The fourth-order valence-electron chi connectivity index (χ4n) is 2.39. The van der Waals surface area contributed by atoms with Gasteiger partial charge in [0.05, 0.1) is 0 Å². The Morgan fingerprint density at radius 2 is 1.93 bits per heavy atom. The van der Waals surface area contributed by atoms with Gasteiger partial charge in [-0.3, -0.25) is 4.79 Å². The number of carbonyl (C=O) groups is 2. The van der Waals surface area contributed by atoms with E-state index in [-0.39, 0.29) is 19.2 Å². The van der Waals surface area contributed by atoms with Crippen molar-refractivity contribution >= 4 is 29.6 Å². The summed E-state index contributed by atoms with van der Waals surface area (Å²) in [7, 11) is 0. The molecular weight excluding hydrogens is 370 g/mol. The maximum absolute atomic E-state index is 12.1. The first-order valence-electron chi connectivity index (χ1n) is 8.32. The van der Waals surface area contributed by atoms with E-state index in [1.54, 1.807) is 42.5 Å². The normalized spacial score (nSPS) is 13.4. The van der Waals surface area contributed by atoms with Crippen LogP contribution in [0.3, 0.4) is 0 Å². The van der Waals surface area contributed by atoms with Gasteiger partial charge in [0.1, 0.15) is 0 Å². The predicted octanol–water partition coefficient (Wildman–Crippen LogP) is 3.33. The molecule has 7 heteroatoms. The van der Waals surface area contributed by atoms with Crippen molar-refractivity contribution in [1.82, 2.24) is 5.32 Å². The Labute approximate surface area is 161 Å². The first-order chi connectivity index (χ1) is 13.0. The van der Waals surface area contributed by atoms with Gasteiger partial charge in [0.2, 0.25) is 6.79 Å². The molecule has 1 amide bonds. The van der Waals surface area contributed by atoms with E-state index < -0.39 is 12.1 Å². The highest BCUT2D eigenvalue weighted by Gasteiger charge is 2.17. The lowest BCUT2D eigenvalue weighted by Crippen LogP contribution is -2.35. The SMILES string of the molecule is C[C@@H](OC(=O)/C=C/c1ccc(Cl)cc1)C(=O)NCc1ccc2c(c1)OCO2. The summed E-state index contributed by atoms with van der Waals surface area (Å²) in [6, 6.07) is 12.4. The van der Waals surface area contributed by atoms with Gasteiger partial charge >= 0.3 is 5.97 Å². The molecule has 1 aliphatic heterocycles. The highest BCUT2D eigenvalue weighted by molar-refractivity contribution is 6.30. The van der Waals surface area contributed by atoms with Gasteiger partial charge in [-0.15, -0.1) is 0 Å². The number of fused-ring (bicyclic) bond motifs is 1. The fraction of sp³-hybridized carbons (Fsp3) is 0.200. The maximum Gasteiger partial charge on any atom is 0.331 e. The van der Waals surface area contributed by atoms with Gasteiger partial charge in [-0.1, -0.05) is 29.8 Å². The van der Waals surface area contributed by atoms with E-state index in [1.165, 1.54) is 13.0 Å². The molecule has 0 aliphatic carbocycles. The molecule has 0 saturated heterocycles. The number of halogens is 1. The second-order valence-corrected chi connectivity index (χ2v) is 6.31. The molecule has 0 fully saturated rings. The Morgan fingerprint density at radius 1 is 1.19 bits per heavy atom. The zero-order valence-electron chi connectivity index (χ0n) is 14.6. The lowest BCUT2D eigenvalue weighted by Gasteiger charge is -2.12. The molecular formula is C20H18ClNO5. The molecule has 27 heavy (non-hydrogen) atoms. The number of ether oxygens (including phenoxy) is 3. The second kappa shape index (κ2) is 8.60. The van der Waals surface area contributed by atoms with Crippen molar-refractivity contribution in [3.63, 3.8) is 0 Å². The molecule has 0 aromatic heterocycles. The minimum absolute atomic E-state index is 0.196. The molecule has 1 N–H and O–H groups in total. The molecule has 1 aliphatic rings. The lowest BCUT2D eigenvalue weighted by molar-refractivity contribution is -0.150. The minimum Gasteiger partial charge on any atom is -0.454 e. The van der Waals surface area contributed by atoms with Gasteiger partial charge in [-0.25, -0.2) is 4.79 Å². The summed E-state index contributed by atoms with van der Waals surface area (Å²) in [4.78, 5) is 24.0. The van der Waals surface area contributed by atoms with Crippen LogP contribution in [0.1, 0.15) is 18.1 Å². The molecule has 6 nitrogen and oxygen atoms in total. The van der Waals surface area contributed by atoms with Crippen molar-refractivity contribution in [1.29, 1.82) is 0 Å². The van der Waals surface area contributed by atoms with Gasteiger partial charge in [0.25, 0.3) is 5.91 Å². The third kappa shape index (κ3) is 5.24. The van der Waals surface area contributed by atoms with Crippen LogP contribution in [-0.4, -0.2) is 24.8 Å². The van der Waals surface area contributed by atoms with Crippen LogP contribution in [0.5, 0.6) is 11.5 Å². The number of benzene rings is 2. The Hall–Kier alpha value is -2.99. The summed E-state index contributed by atoms with van der Waals surface area (Å²) in [5, 5.41) is 3.34. The highest BCUT2D eigenvalue weighted by atomic mass is 35.5. The first-order valence-corrected chi connectivity index (χ1v) is 8.69. The molecule has 3 rings (SSSR count). The fourth-order valence-corrected chi connectivity index (χ4v) is 2.51. The van der Waals surface area contributed by atoms with Crippen LogP contribution in [0.15, 0.2) is 48.5 Å². The van der Waals surface area contributed by atoms with Crippen molar-refractivity contribution in [2.75, 3.05) is 6.79 Å². The summed E-state index contributed by atoms with van der Waals surface area (Å²) in [5.41, 5.74) is 1.66. The van der Waals surface area contributed by atoms with Crippen molar-refractivity contribution < 1.29 is 23.8 Å². The summed E-state index contributed by atoms with van der Waals surface area (Å²) < 4.78 is 15.6. The number of rotatable bonds is 6. The zero-order valence-corrected chi connectivity index (χ0v) is 15.4. The summed E-state index contributed by atoms with van der Waals surface area (Å²) >= 11 is 5.81. The van der Waals surface area contributed by atoms with Crippen LogP contribution in [-0.2, 0) is 20.9 Å². The Morgan fingerprint density at radius 3 is 2.70 bits per heavy atom. The topological polar surface area (TPSA) is 73.9 Å². The van der Waals surface area contributed by atoms with Crippen LogP contribution in [0, 0.1) is 0 Å². The van der Waals surface area contributed by atoms with E-state index in [0.717, 1.165) is 11.1 Å². The second-order valence-electron chi connectivity index (χ2n) is 5.87. The number of hydrogen-bond donors (Lipinski definition) is 1. The molecule has 0 spiro atoms. The monoisotopic (exact) mass is 387 g/mol. The zero-order chi connectivity index (χ0) is 19.2. The molecule has 2 aromatic carbocycles. The standard InChI is InChI=1S/C20H18ClNO5/c1-13(27-19(23)9-5-14-2-6-16(21)7-3-14)20(24)22-11-15-4-8-17-18(10-15)26-12-25-17/h2-10,13H,11-12H2,1H3,(H,22,24)/b9-5+/t13-/m1/s1. The van der Waals surface area contributed by atoms with Crippen molar-refractivity contribution in [2.24, 2.45) is 0 Å². The molecule has 0 saturated carbocycles. The predicted molar refractivity (Wildman–Crippen MR) is 100 cm³/mol. The summed E-state index contributed by atoms with van der Waals surface area (Å²) in [5.74, 6) is 0.338. The van der Waals surface area contributed by atoms with Crippen molar-refractivity contribution in [2.45, 2.75) is 19.6 Å². The summed E-state index contributed by atoms with van der Waals surface area (Å²) in [6.45, 7) is 2.00.